The second kappa shape index (κ2) is 4.39. The summed E-state index contributed by atoms with van der Waals surface area (Å²) in [4.78, 5) is 17.0. The van der Waals surface area contributed by atoms with Crippen molar-refractivity contribution >= 4 is 5.91 Å². The molecule has 5 heteroatoms. The Morgan fingerprint density at radius 3 is 2.56 bits per heavy atom. The third kappa shape index (κ3) is 1.82. The van der Waals surface area contributed by atoms with E-state index < -0.39 is 0 Å². The molecule has 18 heavy (non-hydrogen) atoms. The molecule has 0 aromatic carbocycles. The van der Waals surface area contributed by atoms with E-state index in [0.717, 1.165) is 25.9 Å². The Bertz CT molecular complexity index is 414. The fourth-order valence-corrected chi connectivity index (χ4v) is 3.20. The summed E-state index contributed by atoms with van der Waals surface area (Å²) >= 11 is 0. The number of carbonyl (C=O) groups is 1. The van der Waals surface area contributed by atoms with E-state index >= 15 is 0 Å². The number of amides is 1. The molecule has 2 aliphatic rings. The van der Waals surface area contributed by atoms with E-state index in [1.54, 1.807) is 12.3 Å². The van der Waals surface area contributed by atoms with Gasteiger partial charge in [-0.25, -0.2) is 0 Å². The molecule has 0 saturated carbocycles. The molecule has 2 fully saturated rings. The van der Waals surface area contributed by atoms with Crippen LogP contribution < -0.4 is 0 Å². The molecule has 1 amide bonds. The predicted molar refractivity (Wildman–Crippen MR) is 68.3 cm³/mol. The number of H-pyrrole nitrogens is 1. The van der Waals surface area contributed by atoms with Crippen LogP contribution in [0, 0.1) is 0 Å². The molecule has 0 spiro atoms. The molecule has 1 N–H and O–H groups in total. The van der Waals surface area contributed by atoms with Crippen LogP contribution >= 0.6 is 0 Å². The zero-order chi connectivity index (χ0) is 12.7. The van der Waals surface area contributed by atoms with Crippen molar-refractivity contribution in [3.63, 3.8) is 0 Å². The lowest BCUT2D eigenvalue weighted by Crippen LogP contribution is -2.57. The first-order valence-electron chi connectivity index (χ1n) is 6.73. The largest absolute Gasteiger partial charge is 0.329 e. The summed E-state index contributed by atoms with van der Waals surface area (Å²) in [6.45, 7) is 6.47. The van der Waals surface area contributed by atoms with Gasteiger partial charge in [0.1, 0.15) is 5.69 Å². The van der Waals surface area contributed by atoms with E-state index in [2.05, 4.69) is 33.8 Å². The molecule has 2 aliphatic heterocycles. The number of carbonyl (C=O) groups excluding carboxylic acids is 1. The van der Waals surface area contributed by atoms with E-state index in [1.165, 1.54) is 0 Å². The number of hydrogen-bond donors (Lipinski definition) is 1. The summed E-state index contributed by atoms with van der Waals surface area (Å²) in [5.41, 5.74) is 0.616. The normalized spacial score (nSPS) is 28.1. The smallest absolute Gasteiger partial charge is 0.272 e. The van der Waals surface area contributed by atoms with Crippen molar-refractivity contribution < 1.29 is 4.79 Å². The first-order chi connectivity index (χ1) is 8.66. The molecule has 1 aromatic heterocycles. The summed E-state index contributed by atoms with van der Waals surface area (Å²) in [7, 11) is 0. The summed E-state index contributed by atoms with van der Waals surface area (Å²) in [6.07, 6.45) is 3.90. The van der Waals surface area contributed by atoms with Crippen LogP contribution in [-0.2, 0) is 0 Å². The van der Waals surface area contributed by atoms with Gasteiger partial charge >= 0.3 is 0 Å². The van der Waals surface area contributed by atoms with Crippen molar-refractivity contribution in [1.29, 1.82) is 0 Å². The Morgan fingerprint density at radius 2 is 2.06 bits per heavy atom. The molecule has 3 rings (SSSR count). The molecule has 2 saturated heterocycles. The van der Waals surface area contributed by atoms with Crippen molar-refractivity contribution in [1.82, 2.24) is 20.0 Å². The molecule has 2 atom stereocenters. The molecule has 2 unspecified atom stereocenters. The lowest BCUT2D eigenvalue weighted by molar-refractivity contribution is 0.0344. The van der Waals surface area contributed by atoms with Crippen molar-refractivity contribution in [3.05, 3.63) is 18.0 Å². The highest BCUT2D eigenvalue weighted by Gasteiger charge is 2.43. The molecule has 0 aliphatic carbocycles. The van der Waals surface area contributed by atoms with Crippen LogP contribution in [0.1, 0.15) is 37.2 Å². The van der Waals surface area contributed by atoms with Crippen LogP contribution in [0.5, 0.6) is 0 Å². The van der Waals surface area contributed by atoms with E-state index in [0.29, 0.717) is 23.8 Å². The van der Waals surface area contributed by atoms with Crippen LogP contribution in [0.4, 0.5) is 0 Å². The van der Waals surface area contributed by atoms with E-state index in [-0.39, 0.29) is 5.91 Å². The maximum absolute atomic E-state index is 12.4. The Balaban J connectivity index is 1.78. The van der Waals surface area contributed by atoms with Gasteiger partial charge in [-0.15, -0.1) is 0 Å². The quantitative estimate of drug-likeness (QED) is 0.853. The third-order valence-corrected chi connectivity index (χ3v) is 4.21. The molecule has 3 heterocycles. The predicted octanol–water partition coefficient (Wildman–Crippen LogP) is 1.11. The Morgan fingerprint density at radius 1 is 1.39 bits per heavy atom. The summed E-state index contributed by atoms with van der Waals surface area (Å²) in [5, 5.41) is 6.65. The van der Waals surface area contributed by atoms with Crippen molar-refractivity contribution in [2.75, 3.05) is 13.1 Å². The summed E-state index contributed by atoms with van der Waals surface area (Å²) < 4.78 is 0. The van der Waals surface area contributed by atoms with E-state index in [4.69, 9.17) is 0 Å². The molecule has 5 nitrogen and oxygen atoms in total. The maximum Gasteiger partial charge on any atom is 0.272 e. The number of likely N-dealkylation sites (tertiary alicyclic amines) is 1. The topological polar surface area (TPSA) is 52.2 Å². The highest BCUT2D eigenvalue weighted by atomic mass is 16.2. The lowest BCUT2D eigenvalue weighted by atomic mass is 10.1. The standard InChI is InChI=1S/C13H20N4O/c1-9(2)16-7-10-3-4-11(8-16)17(10)13(18)12-5-6-14-15-12/h5-6,9-11H,3-4,7-8H2,1-2H3,(H,14,15). The van der Waals surface area contributed by atoms with Gasteiger partial charge in [-0.05, 0) is 32.8 Å². The minimum atomic E-state index is 0.114. The van der Waals surface area contributed by atoms with Gasteiger partial charge in [-0.3, -0.25) is 14.8 Å². The van der Waals surface area contributed by atoms with Gasteiger partial charge < -0.3 is 4.90 Å². The molecule has 98 valence electrons. The van der Waals surface area contributed by atoms with E-state index in [9.17, 15) is 4.79 Å². The molecular weight excluding hydrogens is 228 g/mol. The SMILES string of the molecule is CC(C)N1CC2CCC(C1)N2C(=O)c1ccn[nH]1. The fourth-order valence-electron chi connectivity index (χ4n) is 3.20. The molecular formula is C13H20N4O. The zero-order valence-electron chi connectivity index (χ0n) is 11.0. The fraction of sp³-hybridized carbons (Fsp3) is 0.692. The van der Waals surface area contributed by atoms with Gasteiger partial charge in [0.15, 0.2) is 0 Å². The summed E-state index contributed by atoms with van der Waals surface area (Å²) in [6, 6.07) is 3.08. The van der Waals surface area contributed by atoms with Gasteiger partial charge in [0, 0.05) is 37.4 Å². The van der Waals surface area contributed by atoms with Crippen LogP contribution in [0.15, 0.2) is 12.3 Å². The first-order valence-corrected chi connectivity index (χ1v) is 6.73. The Hall–Kier alpha value is -1.36. The number of nitrogens with zero attached hydrogens (tertiary/aromatic N) is 3. The molecule has 2 bridgehead atoms. The number of hydrogen-bond acceptors (Lipinski definition) is 3. The molecule has 0 radical (unpaired) electrons. The Labute approximate surface area is 107 Å². The first kappa shape index (κ1) is 11.7. The van der Waals surface area contributed by atoms with Gasteiger partial charge in [0.05, 0.1) is 0 Å². The highest BCUT2D eigenvalue weighted by molar-refractivity contribution is 5.93. The van der Waals surface area contributed by atoms with Crippen molar-refractivity contribution in [2.45, 2.75) is 44.8 Å². The van der Waals surface area contributed by atoms with Gasteiger partial charge in [-0.2, -0.15) is 5.10 Å². The number of nitrogens with one attached hydrogen (secondary N) is 1. The van der Waals surface area contributed by atoms with Gasteiger partial charge in [-0.1, -0.05) is 0 Å². The molecule has 1 aromatic rings. The highest BCUT2D eigenvalue weighted by Crippen LogP contribution is 2.32. The number of fused-ring (bicyclic) bond motifs is 2. The lowest BCUT2D eigenvalue weighted by Gasteiger charge is -2.42. The van der Waals surface area contributed by atoms with Crippen molar-refractivity contribution in [2.24, 2.45) is 0 Å². The number of piperazine rings is 1. The minimum absolute atomic E-state index is 0.114. The third-order valence-electron chi connectivity index (χ3n) is 4.21. The van der Waals surface area contributed by atoms with Crippen LogP contribution in [0.2, 0.25) is 0 Å². The van der Waals surface area contributed by atoms with Crippen LogP contribution in [-0.4, -0.2) is 57.1 Å². The van der Waals surface area contributed by atoms with Gasteiger partial charge in [0.2, 0.25) is 0 Å². The minimum Gasteiger partial charge on any atom is -0.329 e. The maximum atomic E-state index is 12.4. The van der Waals surface area contributed by atoms with Crippen LogP contribution in [0.25, 0.3) is 0 Å². The second-order valence-corrected chi connectivity index (χ2v) is 5.62. The second-order valence-electron chi connectivity index (χ2n) is 5.62. The Kier molecular flexibility index (Phi) is 2.86. The average molecular weight is 248 g/mol. The van der Waals surface area contributed by atoms with Crippen LogP contribution in [0.3, 0.4) is 0 Å². The monoisotopic (exact) mass is 248 g/mol. The number of aromatic amines is 1. The van der Waals surface area contributed by atoms with E-state index in [1.807, 2.05) is 0 Å². The average Bonchev–Trinajstić information content (AvgIpc) is 2.95. The number of rotatable bonds is 2. The number of aromatic nitrogens is 2. The van der Waals surface area contributed by atoms with Gasteiger partial charge in [0.25, 0.3) is 5.91 Å². The zero-order valence-corrected chi connectivity index (χ0v) is 11.0. The summed E-state index contributed by atoms with van der Waals surface area (Å²) in [5.74, 6) is 0.114. The van der Waals surface area contributed by atoms with Crippen molar-refractivity contribution in [3.8, 4) is 0 Å².